The average molecular weight is 185 g/mol. The Balaban J connectivity index is 1.69. The van der Waals surface area contributed by atoms with Crippen LogP contribution >= 0.6 is 0 Å². The SMILES string of the molecule is C1COCC(CC2CCOCC2)N1. The predicted octanol–water partition coefficient (Wildman–Crippen LogP) is 0.792. The Kier molecular flexibility index (Phi) is 3.58. The maximum Gasteiger partial charge on any atom is 0.0620 e. The Morgan fingerprint density at radius 3 is 2.62 bits per heavy atom. The molecule has 76 valence electrons. The van der Waals surface area contributed by atoms with Gasteiger partial charge in [-0.25, -0.2) is 0 Å². The molecule has 13 heavy (non-hydrogen) atoms. The van der Waals surface area contributed by atoms with E-state index in [1.54, 1.807) is 0 Å². The molecule has 0 aromatic carbocycles. The molecule has 2 aliphatic rings. The van der Waals surface area contributed by atoms with E-state index in [1.807, 2.05) is 0 Å². The molecule has 2 saturated heterocycles. The maximum absolute atomic E-state index is 5.43. The normalized spacial score (nSPS) is 31.8. The van der Waals surface area contributed by atoms with Crippen molar-refractivity contribution in [2.75, 3.05) is 33.0 Å². The maximum atomic E-state index is 5.43. The van der Waals surface area contributed by atoms with E-state index in [1.165, 1.54) is 19.3 Å². The van der Waals surface area contributed by atoms with Crippen LogP contribution in [-0.2, 0) is 9.47 Å². The van der Waals surface area contributed by atoms with Crippen LogP contribution in [-0.4, -0.2) is 39.0 Å². The summed E-state index contributed by atoms with van der Waals surface area (Å²) >= 11 is 0. The summed E-state index contributed by atoms with van der Waals surface area (Å²) in [6.07, 6.45) is 3.74. The third-order valence-electron chi connectivity index (χ3n) is 2.96. The van der Waals surface area contributed by atoms with Gasteiger partial charge in [0.25, 0.3) is 0 Å². The fourth-order valence-electron chi connectivity index (χ4n) is 2.16. The van der Waals surface area contributed by atoms with E-state index in [0.29, 0.717) is 6.04 Å². The van der Waals surface area contributed by atoms with Crippen LogP contribution in [0.5, 0.6) is 0 Å². The van der Waals surface area contributed by atoms with Crippen LogP contribution in [0.15, 0.2) is 0 Å². The van der Waals surface area contributed by atoms with Gasteiger partial charge in [-0.3, -0.25) is 0 Å². The van der Waals surface area contributed by atoms with E-state index in [0.717, 1.165) is 38.9 Å². The van der Waals surface area contributed by atoms with Crippen LogP contribution in [0.2, 0.25) is 0 Å². The Hall–Kier alpha value is -0.120. The van der Waals surface area contributed by atoms with E-state index in [2.05, 4.69) is 5.32 Å². The Labute approximate surface area is 79.8 Å². The van der Waals surface area contributed by atoms with Crippen LogP contribution < -0.4 is 5.32 Å². The Bertz CT molecular complexity index is 124. The molecule has 1 atom stereocenters. The largest absolute Gasteiger partial charge is 0.381 e. The first kappa shape index (κ1) is 9.44. The van der Waals surface area contributed by atoms with Crippen LogP contribution in [0.25, 0.3) is 0 Å². The fourth-order valence-corrected chi connectivity index (χ4v) is 2.16. The summed E-state index contributed by atoms with van der Waals surface area (Å²) in [7, 11) is 0. The van der Waals surface area contributed by atoms with Crippen LogP contribution in [0.1, 0.15) is 19.3 Å². The van der Waals surface area contributed by atoms with Gasteiger partial charge in [0.2, 0.25) is 0 Å². The summed E-state index contributed by atoms with van der Waals surface area (Å²) in [5.41, 5.74) is 0. The van der Waals surface area contributed by atoms with Crippen molar-refractivity contribution in [2.24, 2.45) is 5.92 Å². The van der Waals surface area contributed by atoms with Crippen molar-refractivity contribution in [3.05, 3.63) is 0 Å². The molecule has 1 N–H and O–H groups in total. The second-order valence-corrected chi connectivity index (χ2v) is 4.02. The first-order chi connectivity index (χ1) is 6.45. The van der Waals surface area contributed by atoms with Gasteiger partial charge in [-0.15, -0.1) is 0 Å². The Morgan fingerprint density at radius 1 is 1.08 bits per heavy atom. The summed E-state index contributed by atoms with van der Waals surface area (Å²) in [6, 6.07) is 0.594. The zero-order chi connectivity index (χ0) is 8.93. The minimum absolute atomic E-state index is 0.594. The highest BCUT2D eigenvalue weighted by atomic mass is 16.5. The number of morpholine rings is 1. The summed E-state index contributed by atoms with van der Waals surface area (Å²) < 4.78 is 10.8. The second kappa shape index (κ2) is 4.94. The summed E-state index contributed by atoms with van der Waals surface area (Å²) in [6.45, 7) is 4.71. The molecule has 0 saturated carbocycles. The number of rotatable bonds is 2. The van der Waals surface area contributed by atoms with Gasteiger partial charge in [-0.05, 0) is 25.2 Å². The lowest BCUT2D eigenvalue weighted by Gasteiger charge is -2.29. The van der Waals surface area contributed by atoms with Crippen molar-refractivity contribution in [1.29, 1.82) is 0 Å². The molecular formula is C10H19NO2. The van der Waals surface area contributed by atoms with Gasteiger partial charge in [0.05, 0.1) is 13.2 Å². The lowest BCUT2D eigenvalue weighted by Crippen LogP contribution is -2.42. The molecule has 0 aliphatic carbocycles. The number of hydrogen-bond acceptors (Lipinski definition) is 3. The lowest BCUT2D eigenvalue weighted by molar-refractivity contribution is 0.0378. The first-order valence-electron chi connectivity index (χ1n) is 5.34. The smallest absolute Gasteiger partial charge is 0.0620 e. The van der Waals surface area contributed by atoms with E-state index < -0.39 is 0 Å². The molecule has 2 fully saturated rings. The monoisotopic (exact) mass is 185 g/mol. The van der Waals surface area contributed by atoms with Crippen molar-refractivity contribution in [2.45, 2.75) is 25.3 Å². The van der Waals surface area contributed by atoms with Crippen molar-refractivity contribution in [3.8, 4) is 0 Å². The molecule has 2 heterocycles. The van der Waals surface area contributed by atoms with E-state index in [-0.39, 0.29) is 0 Å². The van der Waals surface area contributed by atoms with Gasteiger partial charge in [-0.1, -0.05) is 0 Å². The van der Waals surface area contributed by atoms with Crippen molar-refractivity contribution < 1.29 is 9.47 Å². The highest BCUT2D eigenvalue weighted by Crippen LogP contribution is 2.20. The molecule has 0 aromatic rings. The number of nitrogens with one attached hydrogen (secondary N) is 1. The highest BCUT2D eigenvalue weighted by molar-refractivity contribution is 4.75. The zero-order valence-electron chi connectivity index (χ0n) is 8.13. The average Bonchev–Trinajstić information content (AvgIpc) is 2.21. The molecule has 0 radical (unpaired) electrons. The van der Waals surface area contributed by atoms with Crippen LogP contribution in [0.4, 0.5) is 0 Å². The van der Waals surface area contributed by atoms with Gasteiger partial charge < -0.3 is 14.8 Å². The zero-order valence-corrected chi connectivity index (χ0v) is 8.13. The third kappa shape index (κ3) is 2.93. The molecular weight excluding hydrogens is 166 g/mol. The minimum Gasteiger partial charge on any atom is -0.381 e. The second-order valence-electron chi connectivity index (χ2n) is 4.02. The molecule has 3 heteroatoms. The molecule has 1 unspecified atom stereocenters. The highest BCUT2D eigenvalue weighted by Gasteiger charge is 2.20. The van der Waals surface area contributed by atoms with Gasteiger partial charge in [0.15, 0.2) is 0 Å². The van der Waals surface area contributed by atoms with E-state index in [4.69, 9.17) is 9.47 Å². The summed E-state index contributed by atoms with van der Waals surface area (Å²) in [5, 5.41) is 3.50. The summed E-state index contributed by atoms with van der Waals surface area (Å²) in [4.78, 5) is 0. The van der Waals surface area contributed by atoms with Gasteiger partial charge in [0.1, 0.15) is 0 Å². The topological polar surface area (TPSA) is 30.5 Å². The van der Waals surface area contributed by atoms with Crippen molar-refractivity contribution in [1.82, 2.24) is 5.32 Å². The quantitative estimate of drug-likeness (QED) is 0.690. The molecule has 0 spiro atoms. The van der Waals surface area contributed by atoms with E-state index in [9.17, 15) is 0 Å². The third-order valence-corrected chi connectivity index (χ3v) is 2.96. The minimum atomic E-state index is 0.594. The lowest BCUT2D eigenvalue weighted by atomic mass is 9.92. The first-order valence-corrected chi connectivity index (χ1v) is 5.34. The Morgan fingerprint density at radius 2 is 1.92 bits per heavy atom. The van der Waals surface area contributed by atoms with E-state index >= 15 is 0 Å². The van der Waals surface area contributed by atoms with Gasteiger partial charge in [-0.2, -0.15) is 0 Å². The molecule has 3 nitrogen and oxygen atoms in total. The molecule has 0 aromatic heterocycles. The van der Waals surface area contributed by atoms with Gasteiger partial charge in [0, 0.05) is 25.8 Å². The van der Waals surface area contributed by atoms with Crippen LogP contribution in [0.3, 0.4) is 0 Å². The standard InChI is InChI=1S/C10H19NO2/c1-4-12-5-2-9(1)7-10-8-13-6-3-11-10/h9-11H,1-8H2. The molecule has 2 rings (SSSR count). The predicted molar refractivity (Wildman–Crippen MR) is 50.8 cm³/mol. The number of ether oxygens (including phenoxy) is 2. The molecule has 0 amide bonds. The fraction of sp³-hybridized carbons (Fsp3) is 1.00. The van der Waals surface area contributed by atoms with Gasteiger partial charge >= 0.3 is 0 Å². The number of hydrogen-bond donors (Lipinski definition) is 1. The molecule has 0 bridgehead atoms. The van der Waals surface area contributed by atoms with Crippen LogP contribution in [0, 0.1) is 5.92 Å². The van der Waals surface area contributed by atoms with Crippen molar-refractivity contribution >= 4 is 0 Å². The summed E-state index contributed by atoms with van der Waals surface area (Å²) in [5.74, 6) is 0.855. The molecule has 2 aliphatic heterocycles. The van der Waals surface area contributed by atoms with Crippen molar-refractivity contribution in [3.63, 3.8) is 0 Å².